The second-order valence-electron chi connectivity index (χ2n) is 4.38. The van der Waals surface area contributed by atoms with Crippen LogP contribution in [0.1, 0.15) is 27.8 Å². The molecule has 0 atom stereocenters. The summed E-state index contributed by atoms with van der Waals surface area (Å²) in [5, 5.41) is 0. The zero-order valence-corrected chi connectivity index (χ0v) is 11.2. The van der Waals surface area contributed by atoms with E-state index < -0.39 is 5.91 Å². The van der Waals surface area contributed by atoms with Crippen molar-refractivity contribution in [2.75, 3.05) is 0 Å². The highest BCUT2D eigenvalue weighted by atomic mass is 16.1. The van der Waals surface area contributed by atoms with Crippen molar-refractivity contribution in [2.24, 2.45) is 16.5 Å². The molecule has 1 aromatic carbocycles. The number of guanidine groups is 1. The molecular weight excluding hydrogens is 226 g/mol. The van der Waals surface area contributed by atoms with Crippen molar-refractivity contribution in [3.05, 3.63) is 40.0 Å². The van der Waals surface area contributed by atoms with Crippen LogP contribution in [0.5, 0.6) is 0 Å². The van der Waals surface area contributed by atoms with Gasteiger partial charge in [0.05, 0.1) is 0 Å². The first-order valence-electron chi connectivity index (χ1n) is 5.72. The number of hydrogen-bond acceptors (Lipinski definition) is 1. The summed E-state index contributed by atoms with van der Waals surface area (Å²) in [5.74, 6) is -0.676. The summed E-state index contributed by atoms with van der Waals surface area (Å²) in [6.45, 7) is 8.21. The molecule has 0 aromatic heterocycles. The van der Waals surface area contributed by atoms with Crippen LogP contribution in [0.4, 0.5) is 0 Å². The Balaban J connectivity index is 3.13. The number of nitrogens with zero attached hydrogens (tertiary/aromatic N) is 1. The molecule has 18 heavy (non-hydrogen) atoms. The number of carbonyl (C=O) groups is 1. The van der Waals surface area contributed by atoms with Crippen LogP contribution in [-0.4, -0.2) is 11.9 Å². The van der Waals surface area contributed by atoms with Crippen molar-refractivity contribution in [1.29, 1.82) is 0 Å². The predicted molar refractivity (Wildman–Crippen MR) is 75.2 cm³/mol. The Labute approximate surface area is 107 Å². The minimum absolute atomic E-state index is 0.224. The molecule has 1 amide bonds. The molecule has 1 rings (SSSR count). The molecule has 0 heterocycles. The molecule has 96 valence electrons. The molecule has 1 aromatic rings. The number of aliphatic imine (C=N–C) groups is 1. The molecule has 0 fully saturated rings. The number of carbonyl (C=O) groups excluding carboxylic acids is 1. The third kappa shape index (κ3) is 3.20. The molecule has 0 aliphatic carbocycles. The highest BCUT2D eigenvalue weighted by molar-refractivity contribution is 6.00. The van der Waals surface area contributed by atoms with Gasteiger partial charge >= 0.3 is 0 Å². The quantitative estimate of drug-likeness (QED) is 0.473. The van der Waals surface area contributed by atoms with Crippen molar-refractivity contribution in [3.8, 4) is 0 Å². The molecule has 0 radical (unpaired) electrons. The van der Waals surface area contributed by atoms with Gasteiger partial charge in [0.25, 0.3) is 5.91 Å². The molecule has 0 aliphatic rings. The Kier molecular flexibility index (Phi) is 4.26. The Morgan fingerprint density at radius 3 is 2.28 bits per heavy atom. The van der Waals surface area contributed by atoms with Gasteiger partial charge in [0.15, 0.2) is 5.96 Å². The maximum Gasteiger partial charge on any atom is 0.272 e. The van der Waals surface area contributed by atoms with E-state index in [-0.39, 0.29) is 5.96 Å². The van der Waals surface area contributed by atoms with Gasteiger partial charge in [-0.3, -0.25) is 4.79 Å². The first-order chi connectivity index (χ1) is 8.32. The van der Waals surface area contributed by atoms with Gasteiger partial charge in [0.2, 0.25) is 0 Å². The standard InChI is InChI=1S/C14H19N3O/c1-8-7-9(2)12(11(4)10(8)3)5-6-13(18)17-14(15)16/h5-7H,1-4H3,(H4,15,16,17,18). The van der Waals surface area contributed by atoms with Crippen molar-refractivity contribution in [3.63, 3.8) is 0 Å². The minimum Gasteiger partial charge on any atom is -0.370 e. The fourth-order valence-electron chi connectivity index (χ4n) is 1.88. The van der Waals surface area contributed by atoms with Gasteiger partial charge in [-0.2, -0.15) is 4.99 Å². The summed E-state index contributed by atoms with van der Waals surface area (Å²) in [4.78, 5) is 14.8. The summed E-state index contributed by atoms with van der Waals surface area (Å²) in [6, 6.07) is 2.10. The molecule has 4 nitrogen and oxygen atoms in total. The topological polar surface area (TPSA) is 81.5 Å². The van der Waals surface area contributed by atoms with Crippen molar-refractivity contribution in [2.45, 2.75) is 27.7 Å². The highest BCUT2D eigenvalue weighted by Gasteiger charge is 2.05. The molecule has 0 saturated heterocycles. The second kappa shape index (κ2) is 5.49. The maximum atomic E-state index is 11.4. The van der Waals surface area contributed by atoms with Gasteiger partial charge < -0.3 is 11.5 Å². The largest absolute Gasteiger partial charge is 0.370 e. The van der Waals surface area contributed by atoms with E-state index in [4.69, 9.17) is 11.5 Å². The first-order valence-corrected chi connectivity index (χ1v) is 5.72. The van der Waals surface area contributed by atoms with Crippen molar-refractivity contribution in [1.82, 2.24) is 0 Å². The van der Waals surface area contributed by atoms with Crippen LogP contribution in [0.25, 0.3) is 6.08 Å². The van der Waals surface area contributed by atoms with E-state index in [1.165, 1.54) is 22.8 Å². The highest BCUT2D eigenvalue weighted by Crippen LogP contribution is 2.22. The monoisotopic (exact) mass is 245 g/mol. The minimum atomic E-state index is -0.452. The van der Waals surface area contributed by atoms with Gasteiger partial charge in [-0.15, -0.1) is 0 Å². The zero-order valence-electron chi connectivity index (χ0n) is 11.2. The van der Waals surface area contributed by atoms with E-state index in [1.54, 1.807) is 6.08 Å². The molecule has 0 saturated carbocycles. The van der Waals surface area contributed by atoms with E-state index in [0.717, 1.165) is 11.1 Å². The van der Waals surface area contributed by atoms with Crippen LogP contribution in [0.15, 0.2) is 17.1 Å². The van der Waals surface area contributed by atoms with Gasteiger partial charge in [-0.05, 0) is 61.6 Å². The fourth-order valence-corrected chi connectivity index (χ4v) is 1.88. The van der Waals surface area contributed by atoms with Crippen LogP contribution in [0, 0.1) is 27.7 Å². The van der Waals surface area contributed by atoms with Crippen LogP contribution in [-0.2, 0) is 4.79 Å². The van der Waals surface area contributed by atoms with E-state index in [1.807, 2.05) is 13.8 Å². The third-order valence-electron chi connectivity index (χ3n) is 3.05. The summed E-state index contributed by atoms with van der Waals surface area (Å²) in [6.07, 6.45) is 3.13. The summed E-state index contributed by atoms with van der Waals surface area (Å²) in [5.41, 5.74) is 16.1. The third-order valence-corrected chi connectivity index (χ3v) is 3.05. The van der Waals surface area contributed by atoms with Crippen molar-refractivity contribution < 1.29 is 4.79 Å². The van der Waals surface area contributed by atoms with Gasteiger partial charge in [0, 0.05) is 6.08 Å². The smallest absolute Gasteiger partial charge is 0.272 e. The molecule has 4 N–H and O–H groups in total. The zero-order chi connectivity index (χ0) is 13.9. The molecular formula is C14H19N3O. The van der Waals surface area contributed by atoms with Gasteiger partial charge in [0.1, 0.15) is 0 Å². The number of rotatable bonds is 2. The summed E-state index contributed by atoms with van der Waals surface area (Å²) < 4.78 is 0. The Morgan fingerprint density at radius 2 is 1.72 bits per heavy atom. The number of nitrogens with two attached hydrogens (primary N) is 2. The Hall–Kier alpha value is -2.10. The average molecular weight is 245 g/mol. The molecule has 0 bridgehead atoms. The number of aryl methyl sites for hydroxylation is 2. The maximum absolute atomic E-state index is 11.4. The van der Waals surface area contributed by atoms with E-state index in [2.05, 4.69) is 24.9 Å². The lowest BCUT2D eigenvalue weighted by atomic mass is 9.94. The lowest BCUT2D eigenvalue weighted by Gasteiger charge is -2.11. The number of hydrogen-bond donors (Lipinski definition) is 2. The lowest BCUT2D eigenvalue weighted by Crippen LogP contribution is -2.23. The molecule has 4 heteroatoms. The van der Waals surface area contributed by atoms with E-state index in [0.29, 0.717) is 0 Å². The van der Waals surface area contributed by atoms with Crippen LogP contribution in [0.2, 0.25) is 0 Å². The second-order valence-corrected chi connectivity index (χ2v) is 4.38. The molecule has 0 unspecified atom stereocenters. The van der Waals surface area contributed by atoms with Crippen LogP contribution < -0.4 is 11.5 Å². The van der Waals surface area contributed by atoms with Crippen molar-refractivity contribution >= 4 is 17.9 Å². The lowest BCUT2D eigenvalue weighted by molar-refractivity contribution is -0.113. The number of amides is 1. The van der Waals surface area contributed by atoms with E-state index >= 15 is 0 Å². The number of benzene rings is 1. The summed E-state index contributed by atoms with van der Waals surface area (Å²) >= 11 is 0. The molecule has 0 aliphatic heterocycles. The van der Waals surface area contributed by atoms with Gasteiger partial charge in [-0.25, -0.2) is 0 Å². The summed E-state index contributed by atoms with van der Waals surface area (Å²) in [7, 11) is 0. The molecule has 0 spiro atoms. The van der Waals surface area contributed by atoms with Crippen LogP contribution >= 0.6 is 0 Å². The SMILES string of the molecule is Cc1cc(C)c(C=CC(=O)N=C(N)N)c(C)c1C. The Morgan fingerprint density at radius 1 is 1.11 bits per heavy atom. The first kappa shape index (κ1) is 14.0. The fraction of sp³-hybridized carbons (Fsp3) is 0.286. The normalized spacial score (nSPS) is 10.7. The van der Waals surface area contributed by atoms with Gasteiger partial charge in [-0.1, -0.05) is 6.07 Å². The predicted octanol–water partition coefficient (Wildman–Crippen LogP) is 1.73. The van der Waals surface area contributed by atoms with Crippen LogP contribution in [0.3, 0.4) is 0 Å². The average Bonchev–Trinajstić information content (AvgIpc) is 2.25. The van der Waals surface area contributed by atoms with E-state index in [9.17, 15) is 4.79 Å². The Bertz CT molecular complexity index is 538.